The van der Waals surface area contributed by atoms with Crippen molar-refractivity contribution in [1.82, 2.24) is 14.6 Å². The molecule has 1 aromatic heterocycles. The van der Waals surface area contributed by atoms with Crippen LogP contribution in [0.1, 0.15) is 6.92 Å². The first kappa shape index (κ1) is 23.3. The molecule has 0 aliphatic carbocycles. The van der Waals surface area contributed by atoms with Crippen LogP contribution in [-0.2, 0) is 19.9 Å². The maximum Gasteiger partial charge on any atom is 0.261 e. The number of nitrogens with zero attached hydrogens (tertiary/aromatic N) is 2. The molecule has 1 fully saturated rings. The van der Waals surface area contributed by atoms with Gasteiger partial charge in [0.05, 0.1) is 31.0 Å². The number of rotatable bonds is 6. The molecular formula is C20H23Cl2N5O3S2. The van der Waals surface area contributed by atoms with Crippen LogP contribution < -0.4 is 10.0 Å². The highest BCUT2D eigenvalue weighted by molar-refractivity contribution is 7.93. The number of aromatic amines is 1. The summed E-state index contributed by atoms with van der Waals surface area (Å²) in [5.41, 5.74) is 0.817. The Morgan fingerprint density at radius 1 is 1.00 bits per heavy atom. The molecular weight excluding hydrogens is 493 g/mol. The molecule has 3 aromatic rings. The highest BCUT2D eigenvalue weighted by Gasteiger charge is 2.25. The first-order chi connectivity index (χ1) is 15.3. The van der Waals surface area contributed by atoms with Gasteiger partial charge < -0.3 is 10.3 Å². The number of H-pyrrole nitrogens is 1. The quantitative estimate of drug-likeness (QED) is 0.461. The van der Waals surface area contributed by atoms with Gasteiger partial charge in [-0.25, -0.2) is 21.3 Å². The van der Waals surface area contributed by atoms with Gasteiger partial charge in [0.2, 0.25) is 0 Å². The number of anilines is 1. The second-order valence-electron chi connectivity index (χ2n) is 7.18. The Morgan fingerprint density at radius 3 is 2.31 bits per heavy atom. The second-order valence-corrected chi connectivity index (χ2v) is 11.9. The third-order valence-electron chi connectivity index (χ3n) is 5.15. The fraction of sp³-hybridized carbons (Fsp3) is 0.300. The van der Waals surface area contributed by atoms with Crippen molar-refractivity contribution < 1.29 is 12.6 Å². The van der Waals surface area contributed by atoms with E-state index < -0.39 is 19.9 Å². The molecule has 32 heavy (non-hydrogen) atoms. The van der Waals surface area contributed by atoms with Crippen molar-refractivity contribution in [2.75, 3.05) is 37.4 Å². The van der Waals surface area contributed by atoms with Gasteiger partial charge in [-0.3, -0.25) is 4.72 Å². The highest BCUT2D eigenvalue weighted by atomic mass is 35.5. The minimum atomic E-state index is -3.91. The van der Waals surface area contributed by atoms with E-state index in [1.54, 1.807) is 30.5 Å². The monoisotopic (exact) mass is 515 g/mol. The summed E-state index contributed by atoms with van der Waals surface area (Å²) in [7, 11) is -6.71. The zero-order valence-electron chi connectivity index (χ0n) is 17.3. The van der Waals surface area contributed by atoms with Crippen LogP contribution in [0.15, 0.2) is 56.7 Å². The molecule has 3 N–H and O–H groups in total. The van der Waals surface area contributed by atoms with Gasteiger partial charge in [0.15, 0.2) is 0 Å². The molecule has 8 nitrogen and oxygen atoms in total. The lowest BCUT2D eigenvalue weighted by molar-refractivity contribution is 0.376. The minimum Gasteiger partial charge on any atom is -0.358 e. The average molecular weight is 516 g/mol. The van der Waals surface area contributed by atoms with Gasteiger partial charge in [0.25, 0.3) is 10.0 Å². The summed E-state index contributed by atoms with van der Waals surface area (Å²) in [4.78, 5) is 3.48. The molecule has 2 heterocycles. The number of hydrogen-bond acceptors (Lipinski definition) is 5. The zero-order valence-corrected chi connectivity index (χ0v) is 20.4. The molecule has 0 spiro atoms. The van der Waals surface area contributed by atoms with Gasteiger partial charge in [-0.05, 0) is 43.3 Å². The first-order valence-corrected chi connectivity index (χ1v) is 13.7. The van der Waals surface area contributed by atoms with Crippen LogP contribution in [0.25, 0.3) is 10.9 Å². The molecule has 0 bridgehead atoms. The second kappa shape index (κ2) is 9.20. The van der Waals surface area contributed by atoms with Crippen LogP contribution >= 0.6 is 23.2 Å². The van der Waals surface area contributed by atoms with E-state index in [0.29, 0.717) is 51.2 Å². The molecule has 172 valence electrons. The SMILES string of the molecule is CCN=S(=O)(c1ccc(S(=O)(=O)Nc2ccc(Cl)c3c(Cl)c[nH]c23)cc1)N1CCNCC1. The van der Waals surface area contributed by atoms with Crippen LogP contribution in [0.3, 0.4) is 0 Å². The van der Waals surface area contributed by atoms with Gasteiger partial charge in [0.1, 0.15) is 9.92 Å². The fourth-order valence-corrected chi connectivity index (χ4v) is 7.38. The summed E-state index contributed by atoms with van der Waals surface area (Å²) in [5.74, 6) is 0. The van der Waals surface area contributed by atoms with Crippen molar-refractivity contribution in [3.8, 4) is 0 Å². The molecule has 12 heteroatoms. The molecule has 0 radical (unpaired) electrons. The van der Waals surface area contributed by atoms with Gasteiger partial charge in [0, 0.05) is 44.3 Å². The summed E-state index contributed by atoms with van der Waals surface area (Å²) in [6.07, 6.45) is 1.55. The Labute approximate surface area is 197 Å². The number of fused-ring (bicyclic) bond motifs is 1. The maximum absolute atomic E-state index is 13.7. The molecule has 1 aliphatic heterocycles. The number of nitrogens with one attached hydrogen (secondary N) is 3. The van der Waals surface area contributed by atoms with E-state index in [0.717, 1.165) is 13.1 Å². The lowest BCUT2D eigenvalue weighted by Crippen LogP contribution is -2.46. The van der Waals surface area contributed by atoms with Crippen molar-refractivity contribution in [2.24, 2.45) is 4.36 Å². The van der Waals surface area contributed by atoms with E-state index >= 15 is 0 Å². The molecule has 1 atom stereocenters. The minimum absolute atomic E-state index is 0.0422. The smallest absolute Gasteiger partial charge is 0.261 e. The third kappa shape index (κ3) is 4.35. The molecule has 1 unspecified atom stereocenters. The van der Waals surface area contributed by atoms with Crippen molar-refractivity contribution in [3.63, 3.8) is 0 Å². The zero-order chi connectivity index (χ0) is 22.9. The summed E-state index contributed by atoms with van der Waals surface area (Å²) >= 11 is 12.3. The Morgan fingerprint density at radius 2 is 1.66 bits per heavy atom. The van der Waals surface area contributed by atoms with Crippen molar-refractivity contribution >= 4 is 59.7 Å². The molecule has 0 saturated carbocycles. The number of sulfonamides is 1. The summed E-state index contributed by atoms with van der Waals surface area (Å²) < 4.78 is 48.6. The van der Waals surface area contributed by atoms with E-state index in [-0.39, 0.29) is 4.90 Å². The van der Waals surface area contributed by atoms with Gasteiger partial charge in [-0.15, -0.1) is 0 Å². The largest absolute Gasteiger partial charge is 0.358 e. The topological polar surface area (TPSA) is 107 Å². The predicted molar refractivity (Wildman–Crippen MR) is 129 cm³/mol. The van der Waals surface area contributed by atoms with Crippen LogP contribution in [0.4, 0.5) is 5.69 Å². The number of aromatic nitrogens is 1. The number of hydrogen-bond donors (Lipinski definition) is 3. The van der Waals surface area contributed by atoms with E-state index in [9.17, 15) is 12.6 Å². The maximum atomic E-state index is 13.7. The van der Waals surface area contributed by atoms with Crippen LogP contribution in [-0.4, -0.2) is 54.6 Å². The molecule has 0 amide bonds. The van der Waals surface area contributed by atoms with E-state index in [4.69, 9.17) is 23.2 Å². The summed E-state index contributed by atoms with van der Waals surface area (Å²) in [6.45, 7) is 4.90. The van der Waals surface area contributed by atoms with Crippen molar-refractivity contribution in [2.45, 2.75) is 16.7 Å². The van der Waals surface area contributed by atoms with Crippen LogP contribution in [0.2, 0.25) is 10.0 Å². The Kier molecular flexibility index (Phi) is 6.71. The molecule has 2 aromatic carbocycles. The number of halogens is 2. The number of benzene rings is 2. The van der Waals surface area contributed by atoms with Gasteiger partial charge in [-0.2, -0.15) is 0 Å². The third-order valence-corrected chi connectivity index (χ3v) is 9.71. The lowest BCUT2D eigenvalue weighted by Gasteiger charge is -2.30. The predicted octanol–water partition coefficient (Wildman–Crippen LogP) is 3.94. The van der Waals surface area contributed by atoms with E-state index in [2.05, 4.69) is 19.4 Å². The van der Waals surface area contributed by atoms with Gasteiger partial charge >= 0.3 is 0 Å². The van der Waals surface area contributed by atoms with Gasteiger partial charge in [-0.1, -0.05) is 23.2 Å². The molecule has 1 saturated heterocycles. The Hall–Kier alpha value is -1.82. The first-order valence-electron chi connectivity index (χ1n) is 10.0. The summed E-state index contributed by atoms with van der Waals surface area (Å²) in [5, 5.41) is 4.60. The lowest BCUT2D eigenvalue weighted by atomic mass is 10.2. The Balaban J connectivity index is 1.66. The van der Waals surface area contributed by atoms with Crippen LogP contribution in [0.5, 0.6) is 0 Å². The number of piperazine rings is 1. The normalized spacial score (nSPS) is 17.2. The van der Waals surface area contributed by atoms with E-state index in [1.165, 1.54) is 12.1 Å². The van der Waals surface area contributed by atoms with Crippen molar-refractivity contribution in [3.05, 3.63) is 52.6 Å². The fourth-order valence-electron chi connectivity index (χ4n) is 3.63. The summed E-state index contributed by atoms with van der Waals surface area (Å²) in [6, 6.07) is 9.18. The Bertz CT molecular complexity index is 1360. The standard InChI is InChI=1S/C20H23Cl2N5O3S2/c1-2-25-31(28,27-11-9-23-10-12-27)14-3-5-15(6-4-14)32(29,30)26-18-8-7-16(21)19-17(22)13-24-20(18)19/h3-8,13,23-24,26H,2,9-12H2,1H3. The molecule has 1 aliphatic rings. The highest BCUT2D eigenvalue weighted by Crippen LogP contribution is 2.35. The molecule has 4 rings (SSSR count). The van der Waals surface area contributed by atoms with E-state index in [1.807, 2.05) is 11.2 Å². The average Bonchev–Trinajstić information content (AvgIpc) is 3.19. The van der Waals surface area contributed by atoms with Crippen molar-refractivity contribution in [1.29, 1.82) is 0 Å². The van der Waals surface area contributed by atoms with Crippen LogP contribution in [0, 0.1) is 0 Å².